The minimum atomic E-state index is -0.972. The summed E-state index contributed by atoms with van der Waals surface area (Å²) in [5.41, 5.74) is 4.95. The highest BCUT2D eigenvalue weighted by molar-refractivity contribution is 5.93. The third kappa shape index (κ3) is 4.52. The molecule has 0 saturated heterocycles. The number of aliphatic carboxylic acids is 1. The molecule has 2 amide bonds. The van der Waals surface area contributed by atoms with Crippen molar-refractivity contribution in [2.75, 3.05) is 19.7 Å². The number of rotatable bonds is 6. The van der Waals surface area contributed by atoms with Gasteiger partial charge in [-0.15, -0.1) is 0 Å². The fourth-order valence-corrected chi connectivity index (χ4v) is 4.52. The van der Waals surface area contributed by atoms with Gasteiger partial charge in [0, 0.05) is 30.6 Å². The van der Waals surface area contributed by atoms with Gasteiger partial charge in [0.2, 0.25) is 0 Å². The molecule has 9 nitrogen and oxygen atoms in total. The average molecular weight is 473 g/mol. The third-order valence-electron chi connectivity index (χ3n) is 6.30. The van der Waals surface area contributed by atoms with Crippen molar-refractivity contribution in [3.63, 3.8) is 0 Å². The van der Waals surface area contributed by atoms with Gasteiger partial charge >= 0.3 is 12.1 Å². The number of carbonyl (C=O) groups is 3. The number of ether oxygens (including phenoxy) is 1. The normalized spacial score (nSPS) is 14.6. The molecule has 0 fully saturated rings. The first-order valence-electron chi connectivity index (χ1n) is 11.3. The molecule has 2 aliphatic rings. The molecule has 0 spiro atoms. The molecular weight excluding hydrogens is 450 g/mol. The maximum atomic E-state index is 12.6. The van der Waals surface area contributed by atoms with Gasteiger partial charge in [-0.05, 0) is 28.7 Å². The van der Waals surface area contributed by atoms with Crippen molar-refractivity contribution in [1.82, 2.24) is 15.4 Å². The molecule has 3 aromatic rings. The predicted molar refractivity (Wildman–Crippen MR) is 125 cm³/mol. The van der Waals surface area contributed by atoms with Crippen LogP contribution in [-0.2, 0) is 16.1 Å². The SMILES string of the molecule is O=C(NCc1cc(C(=O)N2CC=C(C(=O)O)CC2)no1)OCC1c2ccccc2-c2ccccc21. The van der Waals surface area contributed by atoms with E-state index in [-0.39, 0.29) is 50.2 Å². The molecule has 0 saturated carbocycles. The van der Waals surface area contributed by atoms with E-state index in [1.807, 2.05) is 24.3 Å². The number of aromatic nitrogens is 1. The van der Waals surface area contributed by atoms with Crippen LogP contribution in [0.15, 0.2) is 70.8 Å². The molecule has 2 aromatic carbocycles. The highest BCUT2D eigenvalue weighted by Crippen LogP contribution is 2.44. The maximum Gasteiger partial charge on any atom is 0.407 e. The third-order valence-corrected chi connectivity index (χ3v) is 6.30. The number of carboxylic acid groups (broad SMARTS) is 1. The monoisotopic (exact) mass is 473 g/mol. The summed E-state index contributed by atoms with van der Waals surface area (Å²) in [6.07, 6.45) is 1.19. The number of hydrogen-bond acceptors (Lipinski definition) is 6. The molecule has 1 aliphatic heterocycles. The van der Waals surface area contributed by atoms with E-state index in [1.165, 1.54) is 17.0 Å². The summed E-state index contributed by atoms with van der Waals surface area (Å²) >= 11 is 0. The van der Waals surface area contributed by atoms with Crippen molar-refractivity contribution < 1.29 is 28.8 Å². The van der Waals surface area contributed by atoms with E-state index in [4.69, 9.17) is 14.4 Å². The van der Waals surface area contributed by atoms with Crippen molar-refractivity contribution >= 4 is 18.0 Å². The first kappa shape index (κ1) is 22.4. The minimum Gasteiger partial charge on any atom is -0.478 e. The maximum absolute atomic E-state index is 12.6. The summed E-state index contributed by atoms with van der Waals surface area (Å²) in [4.78, 5) is 37.4. The van der Waals surface area contributed by atoms with E-state index in [2.05, 4.69) is 34.7 Å². The molecule has 2 heterocycles. The number of carbonyl (C=O) groups excluding carboxylic acids is 2. The highest BCUT2D eigenvalue weighted by Gasteiger charge is 2.29. The van der Waals surface area contributed by atoms with Crippen LogP contribution in [-0.4, -0.2) is 52.8 Å². The molecule has 35 heavy (non-hydrogen) atoms. The lowest BCUT2D eigenvalue weighted by Crippen LogP contribution is -2.35. The smallest absolute Gasteiger partial charge is 0.407 e. The van der Waals surface area contributed by atoms with E-state index in [9.17, 15) is 14.4 Å². The van der Waals surface area contributed by atoms with Crippen LogP contribution < -0.4 is 5.32 Å². The van der Waals surface area contributed by atoms with E-state index in [0.717, 1.165) is 22.3 Å². The molecule has 2 N–H and O–H groups in total. The van der Waals surface area contributed by atoms with Crippen LogP contribution in [0.4, 0.5) is 4.79 Å². The Bertz CT molecular complexity index is 1280. The lowest BCUT2D eigenvalue weighted by atomic mass is 9.98. The Balaban J connectivity index is 1.15. The summed E-state index contributed by atoms with van der Waals surface area (Å²) in [5, 5.41) is 15.4. The molecule has 0 unspecified atom stereocenters. The second-order valence-electron chi connectivity index (χ2n) is 8.39. The quantitative estimate of drug-likeness (QED) is 0.561. The zero-order valence-corrected chi connectivity index (χ0v) is 18.8. The van der Waals surface area contributed by atoms with Crippen LogP contribution >= 0.6 is 0 Å². The van der Waals surface area contributed by atoms with Crippen LogP contribution in [0.5, 0.6) is 0 Å². The summed E-state index contributed by atoms with van der Waals surface area (Å²) in [6, 6.07) is 17.7. The first-order valence-corrected chi connectivity index (χ1v) is 11.3. The number of benzene rings is 2. The van der Waals surface area contributed by atoms with Crippen LogP contribution in [0.1, 0.15) is 39.7 Å². The number of nitrogens with zero attached hydrogens (tertiary/aromatic N) is 2. The van der Waals surface area contributed by atoms with Crippen molar-refractivity contribution in [2.24, 2.45) is 0 Å². The molecule has 0 atom stereocenters. The van der Waals surface area contributed by atoms with Gasteiger partial charge in [-0.1, -0.05) is 59.8 Å². The Labute approximate surface area is 201 Å². The number of hydrogen-bond donors (Lipinski definition) is 2. The second kappa shape index (κ2) is 9.46. The molecule has 0 radical (unpaired) electrons. The molecular formula is C26H23N3O6. The van der Waals surface area contributed by atoms with Crippen molar-refractivity contribution in [3.05, 3.63) is 88.8 Å². The van der Waals surface area contributed by atoms with Gasteiger partial charge in [0.05, 0.1) is 6.54 Å². The number of alkyl carbamates (subject to hydrolysis) is 1. The van der Waals surface area contributed by atoms with E-state index < -0.39 is 12.1 Å². The Morgan fingerprint density at radius 2 is 1.77 bits per heavy atom. The fourth-order valence-electron chi connectivity index (χ4n) is 4.52. The van der Waals surface area contributed by atoms with Gasteiger partial charge in [-0.3, -0.25) is 4.79 Å². The number of fused-ring (bicyclic) bond motifs is 3. The van der Waals surface area contributed by atoms with Crippen LogP contribution in [0, 0.1) is 0 Å². The molecule has 0 bridgehead atoms. The van der Waals surface area contributed by atoms with Crippen molar-refractivity contribution in [2.45, 2.75) is 18.9 Å². The van der Waals surface area contributed by atoms with Gasteiger partial charge in [-0.2, -0.15) is 0 Å². The van der Waals surface area contributed by atoms with Gasteiger partial charge in [0.1, 0.15) is 6.61 Å². The molecule has 1 aliphatic carbocycles. The summed E-state index contributed by atoms with van der Waals surface area (Å²) in [5.74, 6) is -1.06. The highest BCUT2D eigenvalue weighted by atomic mass is 16.5. The molecule has 1 aromatic heterocycles. The number of amides is 2. The fraction of sp³-hybridized carbons (Fsp3) is 0.231. The summed E-state index contributed by atoms with van der Waals surface area (Å²) < 4.78 is 10.7. The largest absolute Gasteiger partial charge is 0.478 e. The molecule has 9 heteroatoms. The van der Waals surface area contributed by atoms with Crippen molar-refractivity contribution in [3.8, 4) is 11.1 Å². The van der Waals surface area contributed by atoms with Crippen LogP contribution in [0.2, 0.25) is 0 Å². The zero-order chi connectivity index (χ0) is 24.4. The lowest BCUT2D eigenvalue weighted by molar-refractivity contribution is -0.133. The standard InChI is InChI=1S/C26H23N3O6/c30-24(29-11-9-16(10-12-29)25(31)32)23-13-17(35-28-23)14-27-26(33)34-15-22-20-7-3-1-5-18(20)19-6-2-4-8-21(19)22/h1-9,13,22H,10-12,14-15H2,(H,27,33)(H,31,32). The van der Waals surface area contributed by atoms with Gasteiger partial charge < -0.3 is 24.6 Å². The van der Waals surface area contributed by atoms with Crippen molar-refractivity contribution in [1.29, 1.82) is 0 Å². The summed E-state index contributed by atoms with van der Waals surface area (Å²) in [6.45, 7) is 0.693. The molecule has 178 valence electrons. The van der Waals surface area contributed by atoms with E-state index in [1.54, 1.807) is 0 Å². The average Bonchev–Trinajstić information content (AvgIpc) is 3.49. The summed E-state index contributed by atoms with van der Waals surface area (Å²) in [7, 11) is 0. The Morgan fingerprint density at radius 1 is 1.09 bits per heavy atom. The Morgan fingerprint density at radius 3 is 2.40 bits per heavy atom. The first-order chi connectivity index (χ1) is 17.0. The van der Waals surface area contributed by atoms with Gasteiger partial charge in [0.25, 0.3) is 5.91 Å². The lowest BCUT2D eigenvalue weighted by Gasteiger charge is -2.24. The van der Waals surface area contributed by atoms with E-state index >= 15 is 0 Å². The molecule has 5 rings (SSSR count). The number of nitrogens with one attached hydrogen (secondary N) is 1. The van der Waals surface area contributed by atoms with Gasteiger partial charge in [0.15, 0.2) is 11.5 Å². The predicted octanol–water partition coefficient (Wildman–Crippen LogP) is 3.57. The van der Waals surface area contributed by atoms with E-state index in [0.29, 0.717) is 11.3 Å². The van der Waals surface area contributed by atoms with Gasteiger partial charge in [-0.25, -0.2) is 9.59 Å². The Hall–Kier alpha value is -4.40. The zero-order valence-electron chi connectivity index (χ0n) is 18.8. The van der Waals surface area contributed by atoms with Crippen LogP contribution in [0.25, 0.3) is 11.1 Å². The van der Waals surface area contributed by atoms with Crippen LogP contribution in [0.3, 0.4) is 0 Å². The number of carboxylic acids is 1. The Kier molecular flexibility index (Phi) is 6.05. The second-order valence-corrected chi connectivity index (χ2v) is 8.39. The minimum absolute atomic E-state index is 0.0139. The topological polar surface area (TPSA) is 122 Å².